The Balaban J connectivity index is 1.72. The van der Waals surface area contributed by atoms with E-state index in [-0.39, 0.29) is 31.5 Å². The van der Waals surface area contributed by atoms with Gasteiger partial charge in [-0.3, -0.25) is 9.59 Å². The van der Waals surface area contributed by atoms with Gasteiger partial charge in [0, 0.05) is 12.6 Å². The molecule has 0 aliphatic carbocycles. The minimum Gasteiger partial charge on any atom is -0.481 e. The third-order valence-corrected chi connectivity index (χ3v) is 3.51. The third kappa shape index (κ3) is 4.51. The van der Waals surface area contributed by atoms with Crippen LogP contribution in [0.1, 0.15) is 25.0 Å². The van der Waals surface area contributed by atoms with Crippen LogP contribution in [0.2, 0.25) is 0 Å². The highest BCUT2D eigenvalue weighted by atomic mass is 16.4. The number of nitrogens with one attached hydrogen (secondary N) is 2. The van der Waals surface area contributed by atoms with E-state index in [1.165, 1.54) is 11.2 Å². The predicted molar refractivity (Wildman–Crippen MR) is 75.9 cm³/mol. The molecule has 3 N–H and O–H groups in total. The molecule has 1 fully saturated rings. The van der Waals surface area contributed by atoms with Crippen molar-refractivity contribution in [3.63, 3.8) is 0 Å². The Hall–Kier alpha value is -2.51. The van der Waals surface area contributed by atoms with Crippen molar-refractivity contribution in [2.45, 2.75) is 31.8 Å². The van der Waals surface area contributed by atoms with Gasteiger partial charge in [0.2, 0.25) is 5.91 Å². The van der Waals surface area contributed by atoms with E-state index in [0.717, 1.165) is 6.42 Å². The summed E-state index contributed by atoms with van der Waals surface area (Å²) in [6.07, 6.45) is 2.92. The average molecular weight is 309 g/mol. The van der Waals surface area contributed by atoms with Crippen LogP contribution in [0.5, 0.6) is 0 Å². The Bertz CT molecular complexity index is 529. The summed E-state index contributed by atoms with van der Waals surface area (Å²) in [6.45, 7) is 0.616. The van der Waals surface area contributed by atoms with Crippen molar-refractivity contribution in [2.24, 2.45) is 0 Å². The van der Waals surface area contributed by atoms with Crippen LogP contribution in [-0.4, -0.2) is 47.0 Å². The minimum atomic E-state index is -0.922. The van der Waals surface area contributed by atoms with Crippen molar-refractivity contribution >= 4 is 17.9 Å². The first-order chi connectivity index (χ1) is 10.6. The van der Waals surface area contributed by atoms with Crippen LogP contribution < -0.4 is 10.6 Å². The van der Waals surface area contributed by atoms with Crippen molar-refractivity contribution in [1.29, 1.82) is 0 Å². The topological polar surface area (TPSA) is 112 Å². The van der Waals surface area contributed by atoms with Crippen molar-refractivity contribution in [2.75, 3.05) is 13.1 Å². The minimum absolute atomic E-state index is 0.0591. The molecule has 2 rings (SSSR count). The summed E-state index contributed by atoms with van der Waals surface area (Å²) in [5.74, 6) is -0.576. The summed E-state index contributed by atoms with van der Waals surface area (Å²) in [6, 6.07) is 2.69. The molecule has 0 aromatic carbocycles. The Morgan fingerprint density at radius 2 is 2.18 bits per heavy atom. The number of carbonyl (C=O) groups excluding carboxylic acids is 2. The molecule has 1 aliphatic heterocycles. The number of hydrogen-bond donors (Lipinski definition) is 3. The normalized spacial score (nSPS) is 17.3. The molecule has 1 saturated heterocycles. The number of amides is 3. The van der Waals surface area contributed by atoms with Gasteiger partial charge in [-0.25, -0.2) is 4.79 Å². The van der Waals surface area contributed by atoms with Crippen LogP contribution in [-0.2, 0) is 16.1 Å². The molecule has 1 aromatic rings. The molecule has 0 saturated carbocycles. The van der Waals surface area contributed by atoms with Crippen LogP contribution in [0.15, 0.2) is 22.8 Å². The molecular formula is C14H19N3O5. The van der Waals surface area contributed by atoms with Crippen LogP contribution in [0.3, 0.4) is 0 Å². The zero-order valence-corrected chi connectivity index (χ0v) is 12.1. The summed E-state index contributed by atoms with van der Waals surface area (Å²) in [4.78, 5) is 35.9. The van der Waals surface area contributed by atoms with Gasteiger partial charge < -0.3 is 25.1 Å². The molecule has 8 heteroatoms. The first-order valence-corrected chi connectivity index (χ1v) is 7.11. The number of furan rings is 1. The fourth-order valence-corrected chi connectivity index (χ4v) is 2.48. The smallest absolute Gasteiger partial charge is 0.315 e. The van der Waals surface area contributed by atoms with Crippen molar-refractivity contribution < 1.29 is 23.9 Å². The van der Waals surface area contributed by atoms with Gasteiger partial charge in [-0.2, -0.15) is 0 Å². The van der Waals surface area contributed by atoms with E-state index in [9.17, 15) is 14.4 Å². The number of carboxylic acids is 1. The van der Waals surface area contributed by atoms with E-state index >= 15 is 0 Å². The fourth-order valence-electron chi connectivity index (χ4n) is 2.48. The summed E-state index contributed by atoms with van der Waals surface area (Å²) >= 11 is 0. The zero-order chi connectivity index (χ0) is 15.9. The number of carboxylic acid groups (broad SMARTS) is 1. The van der Waals surface area contributed by atoms with Gasteiger partial charge in [-0.15, -0.1) is 0 Å². The number of likely N-dealkylation sites (tertiary alicyclic amines) is 1. The molecule has 0 spiro atoms. The fraction of sp³-hybridized carbons (Fsp3) is 0.500. The van der Waals surface area contributed by atoms with Gasteiger partial charge >= 0.3 is 12.0 Å². The standard InChI is InChI=1S/C14H19N3O5/c18-12(17-5-1-3-10(17)7-13(19)20)9-16-14(21)15-8-11-4-2-6-22-11/h2,4,6,10H,1,3,5,7-9H2,(H,19,20)(H2,15,16,21). The number of urea groups is 1. The van der Waals surface area contributed by atoms with E-state index in [2.05, 4.69) is 10.6 Å². The lowest BCUT2D eigenvalue weighted by Crippen LogP contribution is -2.45. The third-order valence-electron chi connectivity index (χ3n) is 3.51. The van der Waals surface area contributed by atoms with E-state index in [1.54, 1.807) is 12.1 Å². The maximum absolute atomic E-state index is 12.0. The maximum Gasteiger partial charge on any atom is 0.315 e. The predicted octanol–water partition coefficient (Wildman–Crippen LogP) is 0.545. The van der Waals surface area contributed by atoms with Gasteiger partial charge in [0.25, 0.3) is 0 Å². The summed E-state index contributed by atoms with van der Waals surface area (Å²) in [7, 11) is 0. The highest BCUT2D eigenvalue weighted by molar-refractivity contribution is 5.84. The lowest BCUT2D eigenvalue weighted by molar-refractivity contribution is -0.139. The molecule has 1 aliphatic rings. The summed E-state index contributed by atoms with van der Waals surface area (Å²) in [5, 5.41) is 13.9. The van der Waals surface area contributed by atoms with E-state index in [4.69, 9.17) is 9.52 Å². The SMILES string of the molecule is O=C(O)CC1CCCN1C(=O)CNC(=O)NCc1ccco1. The molecule has 1 atom stereocenters. The maximum atomic E-state index is 12.0. The van der Waals surface area contributed by atoms with Crippen LogP contribution in [0.25, 0.3) is 0 Å². The average Bonchev–Trinajstić information content (AvgIpc) is 3.13. The van der Waals surface area contributed by atoms with Crippen molar-refractivity contribution in [3.05, 3.63) is 24.2 Å². The Kier molecular flexibility index (Phi) is 5.40. The van der Waals surface area contributed by atoms with Gasteiger partial charge in [-0.1, -0.05) is 0 Å². The number of aliphatic carboxylic acids is 1. The molecule has 8 nitrogen and oxygen atoms in total. The van der Waals surface area contributed by atoms with Crippen LogP contribution >= 0.6 is 0 Å². The van der Waals surface area contributed by atoms with E-state index in [1.807, 2.05) is 0 Å². The molecular weight excluding hydrogens is 290 g/mol. The lowest BCUT2D eigenvalue weighted by atomic mass is 10.1. The highest BCUT2D eigenvalue weighted by Gasteiger charge is 2.30. The monoisotopic (exact) mass is 309 g/mol. The lowest BCUT2D eigenvalue weighted by Gasteiger charge is -2.23. The Morgan fingerprint density at radius 3 is 2.86 bits per heavy atom. The zero-order valence-electron chi connectivity index (χ0n) is 12.1. The van der Waals surface area contributed by atoms with Crippen molar-refractivity contribution in [1.82, 2.24) is 15.5 Å². The van der Waals surface area contributed by atoms with Crippen LogP contribution in [0, 0.1) is 0 Å². The molecule has 0 bridgehead atoms. The number of nitrogens with zero attached hydrogens (tertiary/aromatic N) is 1. The van der Waals surface area contributed by atoms with Gasteiger partial charge in [0.05, 0.1) is 25.8 Å². The molecule has 1 unspecified atom stereocenters. The van der Waals surface area contributed by atoms with Gasteiger partial charge in [-0.05, 0) is 25.0 Å². The first kappa shape index (κ1) is 15.9. The first-order valence-electron chi connectivity index (χ1n) is 7.11. The summed E-state index contributed by atoms with van der Waals surface area (Å²) in [5.41, 5.74) is 0. The second-order valence-corrected chi connectivity index (χ2v) is 5.10. The largest absolute Gasteiger partial charge is 0.481 e. The second kappa shape index (κ2) is 7.48. The Labute approximate surface area is 127 Å². The highest BCUT2D eigenvalue weighted by Crippen LogP contribution is 2.19. The van der Waals surface area contributed by atoms with Crippen LogP contribution in [0.4, 0.5) is 4.79 Å². The quantitative estimate of drug-likeness (QED) is 0.710. The molecule has 22 heavy (non-hydrogen) atoms. The van der Waals surface area contributed by atoms with Gasteiger partial charge in [0.1, 0.15) is 5.76 Å². The number of carbonyl (C=O) groups is 3. The van der Waals surface area contributed by atoms with E-state index in [0.29, 0.717) is 18.7 Å². The number of hydrogen-bond acceptors (Lipinski definition) is 4. The second-order valence-electron chi connectivity index (χ2n) is 5.10. The number of rotatable bonds is 6. The van der Waals surface area contributed by atoms with E-state index < -0.39 is 12.0 Å². The summed E-state index contributed by atoms with van der Waals surface area (Å²) < 4.78 is 5.07. The molecule has 3 amide bonds. The molecule has 2 heterocycles. The molecule has 120 valence electrons. The molecule has 1 aromatic heterocycles. The Morgan fingerprint density at radius 1 is 1.36 bits per heavy atom. The van der Waals surface area contributed by atoms with Crippen molar-refractivity contribution in [3.8, 4) is 0 Å². The molecule has 0 radical (unpaired) electrons. The van der Waals surface area contributed by atoms with Gasteiger partial charge in [0.15, 0.2) is 0 Å².